The number of alkyl halides is 3. The van der Waals surface area contributed by atoms with Crippen LogP contribution in [0.4, 0.5) is 19.0 Å². The lowest BCUT2D eigenvalue weighted by molar-refractivity contribution is -0.179. The first kappa shape index (κ1) is 17.1. The van der Waals surface area contributed by atoms with Gasteiger partial charge in [-0.05, 0) is 47.8 Å². The second-order valence-electron chi connectivity index (χ2n) is 5.02. The van der Waals surface area contributed by atoms with Crippen molar-refractivity contribution in [3.8, 4) is 0 Å². The van der Waals surface area contributed by atoms with Crippen molar-refractivity contribution in [2.45, 2.75) is 25.9 Å². The Morgan fingerprint density at radius 3 is 2.59 bits per heavy atom. The van der Waals surface area contributed by atoms with E-state index in [1.54, 1.807) is 24.0 Å². The highest BCUT2D eigenvalue weighted by Crippen LogP contribution is 2.35. The van der Waals surface area contributed by atoms with Gasteiger partial charge in [-0.2, -0.15) is 13.2 Å². The maximum absolute atomic E-state index is 12.7. The van der Waals surface area contributed by atoms with E-state index < -0.39 is 18.1 Å². The second kappa shape index (κ2) is 6.85. The van der Waals surface area contributed by atoms with E-state index in [0.717, 1.165) is 0 Å². The van der Waals surface area contributed by atoms with Crippen molar-refractivity contribution in [2.24, 2.45) is 5.92 Å². The summed E-state index contributed by atoms with van der Waals surface area (Å²) in [5, 5.41) is 0. The van der Waals surface area contributed by atoms with E-state index in [4.69, 9.17) is 4.74 Å². The molecule has 0 radical (unpaired) electrons. The lowest BCUT2D eigenvalue weighted by Crippen LogP contribution is -2.39. The Bertz CT molecular complexity index is 543. The van der Waals surface area contributed by atoms with Crippen LogP contribution in [0.15, 0.2) is 16.6 Å². The number of halogens is 4. The van der Waals surface area contributed by atoms with E-state index in [9.17, 15) is 18.0 Å². The van der Waals surface area contributed by atoms with Gasteiger partial charge in [-0.25, -0.2) is 9.78 Å². The number of pyridine rings is 1. The summed E-state index contributed by atoms with van der Waals surface area (Å²) in [6.07, 6.45) is -4.07. The Morgan fingerprint density at radius 1 is 1.41 bits per heavy atom. The minimum absolute atomic E-state index is 0.0377. The molecule has 0 unspecified atom stereocenters. The van der Waals surface area contributed by atoms with Crippen molar-refractivity contribution in [3.05, 3.63) is 22.3 Å². The lowest BCUT2D eigenvalue weighted by Gasteiger charge is -2.33. The minimum atomic E-state index is -4.14. The summed E-state index contributed by atoms with van der Waals surface area (Å²) in [4.78, 5) is 17.8. The molecule has 22 heavy (non-hydrogen) atoms. The number of carbonyl (C=O) groups excluding carboxylic acids is 1. The zero-order chi connectivity index (χ0) is 16.3. The quantitative estimate of drug-likeness (QED) is 0.748. The van der Waals surface area contributed by atoms with Gasteiger partial charge in [0.1, 0.15) is 5.82 Å². The monoisotopic (exact) mass is 380 g/mol. The summed E-state index contributed by atoms with van der Waals surface area (Å²) in [6.45, 7) is 2.45. The number of nitrogens with zero attached hydrogens (tertiary/aromatic N) is 2. The zero-order valence-corrected chi connectivity index (χ0v) is 13.6. The molecule has 1 aromatic rings. The van der Waals surface area contributed by atoms with Gasteiger partial charge in [-0.15, -0.1) is 0 Å². The molecule has 0 amide bonds. The summed E-state index contributed by atoms with van der Waals surface area (Å²) in [5.74, 6) is -1.32. The third-order valence-corrected chi connectivity index (χ3v) is 4.22. The molecule has 0 spiro atoms. The van der Waals surface area contributed by atoms with Gasteiger partial charge in [0.05, 0.1) is 17.0 Å². The van der Waals surface area contributed by atoms with Crippen LogP contribution >= 0.6 is 15.9 Å². The van der Waals surface area contributed by atoms with Crippen LogP contribution in [0.25, 0.3) is 0 Å². The van der Waals surface area contributed by atoms with Gasteiger partial charge in [-0.1, -0.05) is 0 Å². The Kier molecular flexibility index (Phi) is 5.31. The van der Waals surface area contributed by atoms with Crippen molar-refractivity contribution in [2.75, 3.05) is 24.6 Å². The lowest BCUT2D eigenvalue weighted by atomic mass is 9.96. The number of hydrogen-bond donors (Lipinski definition) is 0. The molecule has 1 aromatic heterocycles. The molecule has 1 saturated heterocycles. The minimum Gasteiger partial charge on any atom is -0.461 e. The van der Waals surface area contributed by atoms with E-state index in [1.807, 2.05) is 0 Å². The molecular formula is C14H16BrF3N2O2. The molecule has 0 N–H and O–H groups in total. The average molecular weight is 381 g/mol. The van der Waals surface area contributed by atoms with Crippen molar-refractivity contribution >= 4 is 27.7 Å². The molecule has 0 bridgehead atoms. The van der Waals surface area contributed by atoms with Crippen LogP contribution in [0, 0.1) is 5.92 Å². The largest absolute Gasteiger partial charge is 0.461 e. The van der Waals surface area contributed by atoms with E-state index in [-0.39, 0.29) is 38.2 Å². The molecule has 1 fully saturated rings. The van der Waals surface area contributed by atoms with Crippen LogP contribution in [-0.2, 0) is 4.74 Å². The highest BCUT2D eigenvalue weighted by atomic mass is 79.9. The number of aromatic nitrogens is 1. The van der Waals surface area contributed by atoms with Crippen LogP contribution in [0.2, 0.25) is 0 Å². The Labute approximate surface area is 134 Å². The zero-order valence-electron chi connectivity index (χ0n) is 12.0. The Morgan fingerprint density at radius 2 is 2.05 bits per heavy atom. The molecule has 0 atom stereocenters. The number of hydrogen-bond acceptors (Lipinski definition) is 4. The van der Waals surface area contributed by atoms with Gasteiger partial charge in [0.2, 0.25) is 0 Å². The predicted octanol–water partition coefficient (Wildman–Crippen LogP) is 3.80. The number of anilines is 1. The van der Waals surface area contributed by atoms with Gasteiger partial charge < -0.3 is 9.64 Å². The molecule has 4 nitrogen and oxygen atoms in total. The fourth-order valence-corrected chi connectivity index (χ4v) is 2.77. The van der Waals surface area contributed by atoms with Crippen molar-refractivity contribution in [3.63, 3.8) is 0 Å². The molecule has 1 aliphatic heterocycles. The number of esters is 1. The third-order valence-electron chi connectivity index (χ3n) is 3.58. The fourth-order valence-electron chi connectivity index (χ4n) is 2.39. The van der Waals surface area contributed by atoms with Gasteiger partial charge >= 0.3 is 12.1 Å². The van der Waals surface area contributed by atoms with Crippen molar-refractivity contribution in [1.82, 2.24) is 4.98 Å². The van der Waals surface area contributed by atoms with Gasteiger partial charge in [0.25, 0.3) is 0 Å². The third kappa shape index (κ3) is 3.91. The van der Waals surface area contributed by atoms with Crippen LogP contribution in [-0.4, -0.2) is 36.8 Å². The molecule has 0 aliphatic carbocycles. The molecule has 2 heterocycles. The predicted molar refractivity (Wildman–Crippen MR) is 78.9 cm³/mol. The first-order valence-corrected chi connectivity index (χ1v) is 7.77. The van der Waals surface area contributed by atoms with Gasteiger partial charge in [0, 0.05) is 13.1 Å². The van der Waals surface area contributed by atoms with Gasteiger partial charge in [0.15, 0.2) is 5.69 Å². The van der Waals surface area contributed by atoms with E-state index in [1.165, 1.54) is 0 Å². The Hall–Kier alpha value is -1.31. The maximum Gasteiger partial charge on any atom is 0.391 e. The summed E-state index contributed by atoms with van der Waals surface area (Å²) in [5.41, 5.74) is 0.136. The molecule has 0 aromatic carbocycles. The maximum atomic E-state index is 12.7. The second-order valence-corrected chi connectivity index (χ2v) is 5.88. The molecule has 8 heteroatoms. The molecule has 122 valence electrons. The topological polar surface area (TPSA) is 42.4 Å². The van der Waals surface area contributed by atoms with Crippen LogP contribution in [0.1, 0.15) is 30.3 Å². The molecule has 0 saturated carbocycles. The number of rotatable bonds is 3. The van der Waals surface area contributed by atoms with E-state index in [2.05, 4.69) is 20.9 Å². The van der Waals surface area contributed by atoms with Crippen molar-refractivity contribution in [1.29, 1.82) is 0 Å². The normalized spacial score (nSPS) is 16.7. The summed E-state index contributed by atoms with van der Waals surface area (Å²) in [6, 6.07) is 3.34. The van der Waals surface area contributed by atoms with E-state index >= 15 is 0 Å². The summed E-state index contributed by atoms with van der Waals surface area (Å²) < 4.78 is 43.4. The molecular weight excluding hydrogens is 365 g/mol. The number of piperidine rings is 1. The van der Waals surface area contributed by atoms with Crippen molar-refractivity contribution < 1.29 is 22.7 Å². The first-order chi connectivity index (χ1) is 10.3. The highest BCUT2D eigenvalue weighted by Gasteiger charge is 2.41. The summed E-state index contributed by atoms with van der Waals surface area (Å²) in [7, 11) is 0. The SMILES string of the molecule is CCOC(=O)c1nc(N2CCC(C(F)(F)F)CC2)ccc1Br. The van der Waals surface area contributed by atoms with Crippen LogP contribution in [0.3, 0.4) is 0 Å². The first-order valence-electron chi connectivity index (χ1n) is 6.98. The summed E-state index contributed by atoms with van der Waals surface area (Å²) >= 11 is 3.23. The standard InChI is InChI=1S/C14H16BrF3N2O2/c1-2-22-13(21)12-10(15)3-4-11(19-12)20-7-5-9(6-8-20)14(16,17)18/h3-4,9H,2,5-8H2,1H3. The van der Waals surface area contributed by atoms with Crippen LogP contribution in [0.5, 0.6) is 0 Å². The molecule has 2 rings (SSSR count). The Balaban J connectivity index is 2.11. The fraction of sp³-hybridized carbons (Fsp3) is 0.571. The van der Waals surface area contributed by atoms with E-state index in [0.29, 0.717) is 10.3 Å². The molecule has 1 aliphatic rings. The number of carbonyl (C=O) groups is 1. The highest BCUT2D eigenvalue weighted by molar-refractivity contribution is 9.10. The average Bonchev–Trinajstić information content (AvgIpc) is 2.47. The van der Waals surface area contributed by atoms with Gasteiger partial charge in [-0.3, -0.25) is 0 Å². The smallest absolute Gasteiger partial charge is 0.391 e. The van der Waals surface area contributed by atoms with Crippen LogP contribution < -0.4 is 4.90 Å². The number of ether oxygens (including phenoxy) is 1.